The van der Waals surface area contributed by atoms with Crippen molar-refractivity contribution in [2.24, 2.45) is 10.9 Å². The number of nitrogens with zero attached hydrogens (tertiary/aromatic N) is 1. The summed E-state index contributed by atoms with van der Waals surface area (Å²) in [5.74, 6) is 2.62. The van der Waals surface area contributed by atoms with E-state index in [2.05, 4.69) is 29.5 Å². The van der Waals surface area contributed by atoms with Gasteiger partial charge < -0.3 is 25.2 Å². The van der Waals surface area contributed by atoms with Crippen LogP contribution in [0.1, 0.15) is 45.3 Å². The number of benzene rings is 1. The van der Waals surface area contributed by atoms with E-state index in [-0.39, 0.29) is 24.0 Å². The Labute approximate surface area is 174 Å². The monoisotopic (exact) mass is 479 g/mol. The maximum Gasteiger partial charge on any atom is 0.191 e. The van der Waals surface area contributed by atoms with Crippen molar-refractivity contribution in [2.45, 2.75) is 39.7 Å². The fourth-order valence-corrected chi connectivity index (χ4v) is 2.51. The van der Waals surface area contributed by atoms with Gasteiger partial charge in [-0.2, -0.15) is 0 Å². The van der Waals surface area contributed by atoms with Crippen LogP contribution in [0.25, 0.3) is 0 Å². The van der Waals surface area contributed by atoms with Crippen LogP contribution in [0.4, 0.5) is 0 Å². The van der Waals surface area contributed by atoms with Crippen LogP contribution in [0, 0.1) is 5.92 Å². The lowest BCUT2D eigenvalue weighted by Crippen LogP contribution is -2.39. The Morgan fingerprint density at radius 1 is 1.12 bits per heavy atom. The van der Waals surface area contributed by atoms with Crippen molar-refractivity contribution < 1.29 is 14.6 Å². The summed E-state index contributed by atoms with van der Waals surface area (Å²) < 4.78 is 10.6. The van der Waals surface area contributed by atoms with Gasteiger partial charge in [-0.25, -0.2) is 0 Å². The first-order valence-corrected chi connectivity index (χ1v) is 9.01. The number of aliphatic imine (C=N–C) groups is 1. The zero-order chi connectivity index (χ0) is 18.7. The van der Waals surface area contributed by atoms with E-state index in [0.717, 1.165) is 31.9 Å². The number of hydrogen-bond donors (Lipinski definition) is 3. The molecule has 0 saturated carbocycles. The van der Waals surface area contributed by atoms with E-state index >= 15 is 0 Å². The van der Waals surface area contributed by atoms with Crippen molar-refractivity contribution in [2.75, 3.05) is 33.9 Å². The number of hydrogen-bond acceptors (Lipinski definition) is 4. The van der Waals surface area contributed by atoms with Crippen LogP contribution < -0.4 is 20.1 Å². The lowest BCUT2D eigenvalue weighted by molar-refractivity contribution is 0.176. The van der Waals surface area contributed by atoms with E-state index in [4.69, 9.17) is 9.47 Å². The summed E-state index contributed by atoms with van der Waals surface area (Å²) in [6.45, 7) is 8.27. The molecule has 1 aromatic carbocycles. The molecule has 3 N–H and O–H groups in total. The summed E-state index contributed by atoms with van der Waals surface area (Å²) in [6, 6.07) is 5.40. The first kappa shape index (κ1) is 24.8. The summed E-state index contributed by atoms with van der Waals surface area (Å²) in [6.07, 6.45) is 1.49. The SMILES string of the molecule is CCNC(=NCC(CC)CC)NCC(O)c1cc(OC)ccc1OC.I. The van der Waals surface area contributed by atoms with Crippen molar-refractivity contribution in [3.05, 3.63) is 23.8 Å². The van der Waals surface area contributed by atoms with Crippen LogP contribution in [0.5, 0.6) is 11.5 Å². The highest BCUT2D eigenvalue weighted by molar-refractivity contribution is 14.0. The Balaban J connectivity index is 0.00000625. The lowest BCUT2D eigenvalue weighted by atomic mass is 10.0. The first-order chi connectivity index (χ1) is 12.1. The number of guanidine groups is 1. The lowest BCUT2D eigenvalue weighted by Gasteiger charge is -2.19. The van der Waals surface area contributed by atoms with Gasteiger partial charge in [-0.1, -0.05) is 26.7 Å². The molecule has 1 aromatic rings. The Morgan fingerprint density at radius 3 is 2.35 bits per heavy atom. The molecule has 0 heterocycles. The topological polar surface area (TPSA) is 75.1 Å². The van der Waals surface area contributed by atoms with E-state index in [1.54, 1.807) is 26.4 Å². The van der Waals surface area contributed by atoms with Crippen LogP contribution in [0.2, 0.25) is 0 Å². The van der Waals surface area contributed by atoms with E-state index in [9.17, 15) is 5.11 Å². The zero-order valence-electron chi connectivity index (χ0n) is 16.5. The van der Waals surface area contributed by atoms with Gasteiger partial charge in [-0.15, -0.1) is 24.0 Å². The predicted octanol–water partition coefficient (Wildman–Crippen LogP) is 3.35. The van der Waals surface area contributed by atoms with Gasteiger partial charge in [0.2, 0.25) is 0 Å². The molecule has 0 fully saturated rings. The van der Waals surface area contributed by atoms with E-state index in [0.29, 0.717) is 29.5 Å². The smallest absolute Gasteiger partial charge is 0.191 e. The molecule has 7 heteroatoms. The molecule has 0 bridgehead atoms. The van der Waals surface area contributed by atoms with Crippen molar-refractivity contribution in [1.82, 2.24) is 10.6 Å². The van der Waals surface area contributed by atoms with Gasteiger partial charge in [0.05, 0.1) is 20.3 Å². The average molecular weight is 479 g/mol. The normalized spacial score (nSPS) is 12.3. The molecular formula is C19H34IN3O3. The number of aliphatic hydroxyl groups is 1. The molecule has 150 valence electrons. The number of rotatable bonds is 10. The number of ether oxygens (including phenoxy) is 2. The fraction of sp³-hybridized carbons (Fsp3) is 0.632. The van der Waals surface area contributed by atoms with Gasteiger partial charge in [0.1, 0.15) is 11.5 Å². The molecule has 6 nitrogen and oxygen atoms in total. The second-order valence-corrected chi connectivity index (χ2v) is 5.91. The Bertz CT molecular complexity index is 537. The highest BCUT2D eigenvalue weighted by Gasteiger charge is 2.15. The Morgan fingerprint density at radius 2 is 1.81 bits per heavy atom. The minimum absolute atomic E-state index is 0. The van der Waals surface area contributed by atoms with Crippen LogP contribution in [0.15, 0.2) is 23.2 Å². The molecule has 0 spiro atoms. The quantitative estimate of drug-likeness (QED) is 0.273. The summed E-state index contributed by atoms with van der Waals surface area (Å²) in [7, 11) is 3.19. The van der Waals surface area contributed by atoms with Crippen LogP contribution in [-0.2, 0) is 0 Å². The molecule has 0 saturated heterocycles. The molecule has 1 rings (SSSR count). The molecule has 0 radical (unpaired) electrons. The summed E-state index contributed by atoms with van der Waals surface area (Å²) in [4.78, 5) is 4.62. The van der Waals surface area contributed by atoms with Gasteiger partial charge in [0.15, 0.2) is 5.96 Å². The number of aliphatic hydroxyl groups excluding tert-OH is 1. The van der Waals surface area contributed by atoms with Gasteiger partial charge in [0, 0.05) is 25.2 Å². The van der Waals surface area contributed by atoms with Crippen molar-refractivity contribution in [3.8, 4) is 11.5 Å². The van der Waals surface area contributed by atoms with Gasteiger partial charge in [0.25, 0.3) is 0 Å². The first-order valence-electron chi connectivity index (χ1n) is 9.01. The third kappa shape index (κ3) is 7.99. The summed E-state index contributed by atoms with van der Waals surface area (Å²) >= 11 is 0. The van der Waals surface area contributed by atoms with E-state index in [1.165, 1.54) is 0 Å². The molecule has 0 aliphatic rings. The molecule has 0 aliphatic heterocycles. The molecular weight excluding hydrogens is 445 g/mol. The zero-order valence-corrected chi connectivity index (χ0v) is 18.9. The highest BCUT2D eigenvalue weighted by Crippen LogP contribution is 2.29. The number of methoxy groups -OCH3 is 2. The third-order valence-corrected chi connectivity index (χ3v) is 4.27. The summed E-state index contributed by atoms with van der Waals surface area (Å²) in [5, 5.41) is 17.0. The van der Waals surface area contributed by atoms with Gasteiger partial charge in [-0.05, 0) is 31.0 Å². The van der Waals surface area contributed by atoms with Crippen molar-refractivity contribution >= 4 is 29.9 Å². The molecule has 0 amide bonds. The largest absolute Gasteiger partial charge is 0.497 e. The maximum atomic E-state index is 10.6. The molecule has 1 unspecified atom stereocenters. The second-order valence-electron chi connectivity index (χ2n) is 5.91. The molecule has 1 atom stereocenters. The summed E-state index contributed by atoms with van der Waals surface area (Å²) in [5.41, 5.74) is 0.685. The highest BCUT2D eigenvalue weighted by atomic mass is 127. The average Bonchev–Trinajstić information content (AvgIpc) is 2.65. The third-order valence-electron chi connectivity index (χ3n) is 4.27. The minimum atomic E-state index is -0.734. The minimum Gasteiger partial charge on any atom is -0.497 e. The number of halogens is 1. The maximum absolute atomic E-state index is 10.6. The van der Waals surface area contributed by atoms with Crippen LogP contribution in [0.3, 0.4) is 0 Å². The van der Waals surface area contributed by atoms with E-state index < -0.39 is 6.10 Å². The molecule has 0 aromatic heterocycles. The molecule has 0 aliphatic carbocycles. The van der Waals surface area contributed by atoms with Crippen LogP contribution in [-0.4, -0.2) is 44.9 Å². The fourth-order valence-electron chi connectivity index (χ4n) is 2.51. The Hall–Kier alpha value is -1.22. The number of nitrogens with one attached hydrogen (secondary N) is 2. The Kier molecular flexibility index (Phi) is 13.3. The molecule has 26 heavy (non-hydrogen) atoms. The van der Waals surface area contributed by atoms with Crippen LogP contribution >= 0.6 is 24.0 Å². The second kappa shape index (κ2) is 13.9. The van der Waals surface area contributed by atoms with E-state index in [1.807, 2.05) is 13.0 Å². The van der Waals surface area contributed by atoms with Crippen molar-refractivity contribution in [1.29, 1.82) is 0 Å². The van der Waals surface area contributed by atoms with Gasteiger partial charge in [-0.3, -0.25) is 4.99 Å². The standard InChI is InChI=1S/C19H33N3O3.HI/c1-6-14(7-2)12-21-19(20-8-3)22-13-17(23)16-11-15(24-4)9-10-18(16)25-5;/h9-11,14,17,23H,6-8,12-13H2,1-5H3,(H2,20,21,22);1H. The van der Waals surface area contributed by atoms with Crippen molar-refractivity contribution in [3.63, 3.8) is 0 Å². The van der Waals surface area contributed by atoms with Gasteiger partial charge >= 0.3 is 0 Å². The predicted molar refractivity (Wildman–Crippen MR) is 118 cm³/mol.